The number of alkyl halides is 3. The number of amides is 1. The number of carbonyl (C=O) groups excluding carboxylic acids is 1. The molecule has 0 saturated carbocycles. The van der Waals surface area contributed by atoms with E-state index in [2.05, 4.69) is 25.6 Å². The maximum absolute atomic E-state index is 12.0. The second-order valence-corrected chi connectivity index (χ2v) is 6.68. The Labute approximate surface area is 156 Å². The first kappa shape index (κ1) is 19.6. The van der Waals surface area contributed by atoms with E-state index in [1.165, 1.54) is 11.3 Å². The summed E-state index contributed by atoms with van der Waals surface area (Å²) < 4.78 is 49.4. The van der Waals surface area contributed by atoms with Gasteiger partial charge in [-0.3, -0.25) is 9.53 Å². The van der Waals surface area contributed by atoms with Gasteiger partial charge in [0.25, 0.3) is 5.91 Å². The van der Waals surface area contributed by atoms with Gasteiger partial charge in [-0.15, -0.1) is 29.6 Å². The Morgan fingerprint density at radius 3 is 2.89 bits per heavy atom. The lowest BCUT2D eigenvalue weighted by molar-refractivity contribution is -0.325. The molecule has 2 aromatic rings. The van der Waals surface area contributed by atoms with E-state index < -0.39 is 13.0 Å². The average molecular weight is 406 g/mol. The van der Waals surface area contributed by atoms with Crippen molar-refractivity contribution in [2.24, 2.45) is 0 Å². The molecule has 0 bridgehead atoms. The quantitative estimate of drug-likeness (QED) is 0.681. The maximum atomic E-state index is 12.0. The Bertz CT molecular complexity index is 730. The van der Waals surface area contributed by atoms with Crippen molar-refractivity contribution in [3.8, 4) is 6.08 Å². The van der Waals surface area contributed by atoms with Gasteiger partial charge in [0, 0.05) is 12.6 Å². The van der Waals surface area contributed by atoms with Crippen LogP contribution in [0.5, 0.6) is 6.08 Å². The molecule has 3 rings (SSSR count). The fourth-order valence-electron chi connectivity index (χ4n) is 2.56. The zero-order chi connectivity index (χ0) is 19.3. The molecular weight excluding hydrogens is 389 g/mol. The molecule has 8 nitrogen and oxygen atoms in total. The first-order valence-electron chi connectivity index (χ1n) is 8.15. The number of hydrogen-bond acceptors (Lipinski definition) is 8. The van der Waals surface area contributed by atoms with Gasteiger partial charge in [0.05, 0.1) is 17.5 Å². The van der Waals surface area contributed by atoms with Crippen molar-refractivity contribution in [2.45, 2.75) is 31.3 Å². The number of rotatable bonds is 7. The third kappa shape index (κ3) is 5.91. The van der Waals surface area contributed by atoms with Gasteiger partial charge in [-0.1, -0.05) is 11.2 Å². The molecule has 2 aromatic heterocycles. The minimum Gasteiger partial charge on any atom is -0.447 e. The third-order valence-corrected chi connectivity index (χ3v) is 4.66. The van der Waals surface area contributed by atoms with Gasteiger partial charge in [0.1, 0.15) is 6.61 Å². The van der Waals surface area contributed by atoms with Crippen LogP contribution in [0.2, 0.25) is 0 Å². The number of halogens is 3. The summed E-state index contributed by atoms with van der Waals surface area (Å²) in [6.45, 7) is -0.510. The Balaban J connectivity index is 1.41. The number of ether oxygens (including phenoxy) is 2. The van der Waals surface area contributed by atoms with E-state index in [-0.39, 0.29) is 36.6 Å². The molecule has 0 aromatic carbocycles. The fourth-order valence-corrected chi connectivity index (χ4v) is 3.19. The third-order valence-electron chi connectivity index (χ3n) is 3.79. The molecule has 2 N–H and O–H groups in total. The van der Waals surface area contributed by atoms with Gasteiger partial charge in [-0.05, 0) is 24.3 Å². The summed E-state index contributed by atoms with van der Waals surface area (Å²) in [4.78, 5) is 12.7. The van der Waals surface area contributed by atoms with E-state index in [0.717, 1.165) is 0 Å². The maximum Gasteiger partial charge on any atom is 0.522 e. The predicted molar refractivity (Wildman–Crippen MR) is 87.4 cm³/mol. The molecule has 3 heterocycles. The van der Waals surface area contributed by atoms with Crippen molar-refractivity contribution in [1.82, 2.24) is 20.8 Å². The Kier molecular flexibility index (Phi) is 6.29. The lowest BCUT2D eigenvalue weighted by Gasteiger charge is -2.28. The van der Waals surface area contributed by atoms with Crippen molar-refractivity contribution in [3.63, 3.8) is 0 Å². The van der Waals surface area contributed by atoms with E-state index in [9.17, 15) is 18.0 Å². The van der Waals surface area contributed by atoms with Crippen LogP contribution in [0.15, 0.2) is 21.9 Å². The van der Waals surface area contributed by atoms with Gasteiger partial charge in [-0.2, -0.15) is 0 Å². The smallest absolute Gasteiger partial charge is 0.447 e. The largest absolute Gasteiger partial charge is 0.522 e. The van der Waals surface area contributed by atoms with Gasteiger partial charge in [-0.25, -0.2) is 0 Å². The molecule has 27 heavy (non-hydrogen) atoms. The molecule has 0 spiro atoms. The van der Waals surface area contributed by atoms with Crippen LogP contribution in [0.1, 0.15) is 34.4 Å². The molecule has 1 amide bonds. The van der Waals surface area contributed by atoms with Gasteiger partial charge in [0.2, 0.25) is 5.89 Å². The van der Waals surface area contributed by atoms with Crippen LogP contribution < -0.4 is 15.4 Å². The fraction of sp³-hybridized carbons (Fsp3) is 0.533. The summed E-state index contributed by atoms with van der Waals surface area (Å²) in [6.07, 6.45) is -3.56. The summed E-state index contributed by atoms with van der Waals surface area (Å²) in [6, 6.07) is 3.35. The number of carbonyl (C=O) groups is 1. The van der Waals surface area contributed by atoms with E-state index in [0.29, 0.717) is 24.3 Å². The zero-order valence-electron chi connectivity index (χ0n) is 14.0. The van der Waals surface area contributed by atoms with E-state index in [1.807, 2.05) is 11.4 Å². The highest BCUT2D eigenvalue weighted by Gasteiger charge is 2.29. The number of nitrogens with zero attached hydrogens (tertiary/aromatic N) is 2. The molecule has 1 aliphatic rings. The van der Waals surface area contributed by atoms with Crippen LogP contribution in [-0.2, 0) is 4.74 Å². The lowest BCUT2D eigenvalue weighted by atomic mass is 10.0. The second kappa shape index (κ2) is 8.67. The molecular formula is C15H17F3N4O4S. The van der Waals surface area contributed by atoms with Crippen LogP contribution >= 0.6 is 11.3 Å². The SMILES string of the molecule is O=C(N[C@H]1CC[C@H](c2nnc(OCCOC(F)(F)F)o2)NC1)c1cccs1. The van der Waals surface area contributed by atoms with Crippen LogP contribution in [0.4, 0.5) is 13.2 Å². The topological polar surface area (TPSA) is 98.5 Å². The Morgan fingerprint density at radius 1 is 1.37 bits per heavy atom. The minimum atomic E-state index is -4.70. The van der Waals surface area contributed by atoms with Gasteiger partial charge in [0.15, 0.2) is 0 Å². The molecule has 1 saturated heterocycles. The highest BCUT2D eigenvalue weighted by Crippen LogP contribution is 2.24. The molecule has 0 unspecified atom stereocenters. The zero-order valence-corrected chi connectivity index (χ0v) is 14.8. The predicted octanol–water partition coefficient (Wildman–Crippen LogP) is 2.27. The Morgan fingerprint density at radius 2 is 2.22 bits per heavy atom. The van der Waals surface area contributed by atoms with Crippen LogP contribution in [0.25, 0.3) is 0 Å². The number of piperidine rings is 1. The minimum absolute atomic E-state index is 0.0194. The summed E-state index contributed by atoms with van der Waals surface area (Å²) in [5.41, 5.74) is 0. The van der Waals surface area contributed by atoms with E-state index in [1.54, 1.807) is 6.07 Å². The summed E-state index contributed by atoms with van der Waals surface area (Å²) in [7, 11) is 0. The summed E-state index contributed by atoms with van der Waals surface area (Å²) in [5, 5.41) is 15.5. The van der Waals surface area contributed by atoms with E-state index >= 15 is 0 Å². The van der Waals surface area contributed by atoms with Crippen LogP contribution in [0, 0.1) is 0 Å². The van der Waals surface area contributed by atoms with Crippen LogP contribution in [0.3, 0.4) is 0 Å². The van der Waals surface area contributed by atoms with Crippen molar-refractivity contribution < 1.29 is 31.9 Å². The van der Waals surface area contributed by atoms with Crippen molar-refractivity contribution in [1.29, 1.82) is 0 Å². The highest BCUT2D eigenvalue weighted by molar-refractivity contribution is 7.12. The number of hydrogen-bond donors (Lipinski definition) is 2. The van der Waals surface area contributed by atoms with Gasteiger partial charge >= 0.3 is 12.4 Å². The molecule has 1 fully saturated rings. The normalized spacial score (nSPS) is 20.4. The van der Waals surface area contributed by atoms with Crippen molar-refractivity contribution >= 4 is 17.2 Å². The van der Waals surface area contributed by atoms with E-state index in [4.69, 9.17) is 9.15 Å². The number of thiophene rings is 1. The first-order valence-corrected chi connectivity index (χ1v) is 9.03. The second-order valence-electron chi connectivity index (χ2n) is 5.73. The van der Waals surface area contributed by atoms with Crippen molar-refractivity contribution in [2.75, 3.05) is 19.8 Å². The van der Waals surface area contributed by atoms with Crippen molar-refractivity contribution in [3.05, 3.63) is 28.3 Å². The van der Waals surface area contributed by atoms with Crippen LogP contribution in [-0.4, -0.2) is 48.3 Å². The molecule has 0 radical (unpaired) electrons. The molecule has 0 aliphatic carbocycles. The molecule has 12 heteroatoms. The Hall–Kier alpha value is -2.18. The molecule has 2 atom stereocenters. The monoisotopic (exact) mass is 406 g/mol. The standard InChI is InChI=1S/C15H17F3N4O4S/c16-15(17,18)25-6-5-24-14-22-21-13(26-14)10-4-3-9(8-19-10)20-12(23)11-2-1-7-27-11/h1-2,7,9-10,19H,3-6,8H2,(H,20,23)/t9-,10+/m0/s1. The summed E-state index contributed by atoms with van der Waals surface area (Å²) >= 11 is 1.38. The number of nitrogens with one attached hydrogen (secondary N) is 2. The molecule has 1 aliphatic heterocycles. The van der Waals surface area contributed by atoms with Gasteiger partial charge < -0.3 is 19.8 Å². The highest BCUT2D eigenvalue weighted by atomic mass is 32.1. The number of aromatic nitrogens is 2. The first-order chi connectivity index (χ1) is 12.9. The summed E-state index contributed by atoms with van der Waals surface area (Å²) in [5.74, 6) is 0.176. The lowest BCUT2D eigenvalue weighted by Crippen LogP contribution is -2.46. The average Bonchev–Trinajstić information content (AvgIpc) is 3.31. The molecule has 148 valence electrons.